The highest BCUT2D eigenvalue weighted by atomic mass is 35.5. The zero-order valence-corrected chi connectivity index (χ0v) is 13.5. The van der Waals surface area contributed by atoms with E-state index < -0.39 is 0 Å². The summed E-state index contributed by atoms with van der Waals surface area (Å²) in [5.74, 6) is -0.154. The lowest BCUT2D eigenvalue weighted by Gasteiger charge is -2.20. The first kappa shape index (κ1) is 16.4. The SMILES string of the molecule is O=C(Cc1csc(-c2ccc(Cl)s2)n1)N(CCO)CCO. The van der Waals surface area contributed by atoms with Gasteiger partial charge in [-0.1, -0.05) is 11.6 Å². The lowest BCUT2D eigenvalue weighted by atomic mass is 10.3. The summed E-state index contributed by atoms with van der Waals surface area (Å²) in [6.45, 7) is 0.192. The minimum Gasteiger partial charge on any atom is -0.395 e. The average Bonchev–Trinajstić information content (AvgIpc) is 3.07. The first-order valence-corrected chi connectivity index (χ1v) is 8.41. The molecule has 0 bridgehead atoms. The summed E-state index contributed by atoms with van der Waals surface area (Å²) in [6.07, 6.45) is 0.162. The van der Waals surface area contributed by atoms with E-state index >= 15 is 0 Å². The molecule has 0 aliphatic rings. The van der Waals surface area contributed by atoms with E-state index in [1.807, 2.05) is 17.5 Å². The molecule has 0 unspecified atom stereocenters. The molecule has 0 aliphatic carbocycles. The van der Waals surface area contributed by atoms with Crippen LogP contribution in [0.25, 0.3) is 9.88 Å². The highest BCUT2D eigenvalue weighted by molar-refractivity contribution is 7.23. The van der Waals surface area contributed by atoms with Gasteiger partial charge in [-0.15, -0.1) is 22.7 Å². The van der Waals surface area contributed by atoms with Crippen molar-refractivity contribution in [3.63, 3.8) is 0 Å². The molecule has 0 aromatic carbocycles. The van der Waals surface area contributed by atoms with E-state index in [0.717, 1.165) is 9.88 Å². The standard InChI is InChI=1S/C13H15ClN2O3S2/c14-11-2-1-10(21-11)13-15-9(8-20-13)7-12(19)16(3-5-17)4-6-18/h1-2,8,17-18H,3-7H2. The summed E-state index contributed by atoms with van der Waals surface area (Å²) in [6, 6.07) is 3.72. The Morgan fingerprint density at radius 3 is 2.57 bits per heavy atom. The Kier molecular flexibility index (Phi) is 6.13. The molecule has 2 aromatic rings. The fourth-order valence-corrected chi connectivity index (χ4v) is 3.73. The van der Waals surface area contributed by atoms with Gasteiger partial charge < -0.3 is 15.1 Å². The summed E-state index contributed by atoms with van der Waals surface area (Å²) < 4.78 is 0.704. The smallest absolute Gasteiger partial charge is 0.228 e. The normalized spacial score (nSPS) is 10.8. The summed E-state index contributed by atoms with van der Waals surface area (Å²) >= 11 is 8.81. The highest BCUT2D eigenvalue weighted by Crippen LogP contribution is 2.32. The number of aliphatic hydroxyl groups is 2. The Hall–Kier alpha value is -0.990. The number of aliphatic hydroxyl groups excluding tert-OH is 2. The summed E-state index contributed by atoms with van der Waals surface area (Å²) in [4.78, 5) is 18.9. The van der Waals surface area contributed by atoms with E-state index in [1.54, 1.807) is 0 Å². The van der Waals surface area contributed by atoms with Gasteiger partial charge in [-0.25, -0.2) is 4.98 Å². The van der Waals surface area contributed by atoms with Crippen molar-refractivity contribution in [1.29, 1.82) is 0 Å². The van der Waals surface area contributed by atoms with Crippen molar-refractivity contribution in [2.75, 3.05) is 26.3 Å². The number of nitrogens with zero attached hydrogens (tertiary/aromatic N) is 2. The number of amides is 1. The molecular weight excluding hydrogens is 332 g/mol. The first-order valence-electron chi connectivity index (χ1n) is 6.33. The van der Waals surface area contributed by atoms with Crippen molar-refractivity contribution in [1.82, 2.24) is 9.88 Å². The molecule has 5 nitrogen and oxygen atoms in total. The van der Waals surface area contributed by atoms with Crippen LogP contribution in [0.15, 0.2) is 17.5 Å². The second-order valence-corrected chi connectivity index (χ2v) is 6.83. The number of halogens is 1. The predicted octanol–water partition coefficient (Wildman–Crippen LogP) is 1.88. The van der Waals surface area contributed by atoms with Gasteiger partial charge in [-0.3, -0.25) is 4.79 Å². The second kappa shape index (κ2) is 7.86. The molecule has 2 N–H and O–H groups in total. The molecule has 0 fully saturated rings. The minimum atomic E-state index is -0.154. The maximum atomic E-state index is 12.1. The third-order valence-electron chi connectivity index (χ3n) is 2.76. The Morgan fingerprint density at radius 2 is 2.00 bits per heavy atom. The van der Waals surface area contributed by atoms with Crippen LogP contribution in [-0.2, 0) is 11.2 Å². The number of aromatic nitrogens is 1. The van der Waals surface area contributed by atoms with Gasteiger partial charge >= 0.3 is 0 Å². The van der Waals surface area contributed by atoms with Crippen LogP contribution in [0.2, 0.25) is 4.34 Å². The number of hydrogen-bond donors (Lipinski definition) is 2. The zero-order chi connectivity index (χ0) is 15.2. The molecule has 0 spiro atoms. The maximum absolute atomic E-state index is 12.1. The fourth-order valence-electron chi connectivity index (χ4n) is 1.80. The molecule has 0 saturated carbocycles. The third-order valence-corrected chi connectivity index (χ3v) is 5.05. The van der Waals surface area contributed by atoms with Crippen LogP contribution in [0.3, 0.4) is 0 Å². The van der Waals surface area contributed by atoms with Gasteiger partial charge in [-0.2, -0.15) is 0 Å². The minimum absolute atomic E-state index is 0.123. The van der Waals surface area contributed by atoms with E-state index in [-0.39, 0.29) is 38.6 Å². The summed E-state index contributed by atoms with van der Waals surface area (Å²) in [5.41, 5.74) is 0.686. The zero-order valence-electron chi connectivity index (χ0n) is 11.2. The Bertz CT molecular complexity index is 594. The van der Waals surface area contributed by atoms with Gasteiger partial charge in [0, 0.05) is 18.5 Å². The van der Waals surface area contributed by atoms with Crippen molar-refractivity contribution in [3.05, 3.63) is 27.5 Å². The molecule has 114 valence electrons. The van der Waals surface area contributed by atoms with Crippen LogP contribution in [0.1, 0.15) is 5.69 Å². The first-order chi connectivity index (χ1) is 10.1. The molecule has 0 atom stereocenters. The van der Waals surface area contributed by atoms with Gasteiger partial charge in [0.15, 0.2) is 0 Å². The van der Waals surface area contributed by atoms with Crippen LogP contribution < -0.4 is 0 Å². The lowest BCUT2D eigenvalue weighted by molar-refractivity contribution is -0.131. The Morgan fingerprint density at radius 1 is 1.29 bits per heavy atom. The molecule has 2 rings (SSSR count). The number of hydrogen-bond acceptors (Lipinski definition) is 6. The molecule has 21 heavy (non-hydrogen) atoms. The van der Waals surface area contributed by atoms with E-state index in [9.17, 15) is 4.79 Å². The van der Waals surface area contributed by atoms with E-state index in [2.05, 4.69) is 4.98 Å². The molecule has 2 aromatic heterocycles. The van der Waals surface area contributed by atoms with Crippen molar-refractivity contribution in [2.24, 2.45) is 0 Å². The molecule has 2 heterocycles. The topological polar surface area (TPSA) is 73.7 Å². The molecule has 0 aliphatic heterocycles. The second-order valence-electron chi connectivity index (χ2n) is 4.25. The molecule has 8 heteroatoms. The van der Waals surface area contributed by atoms with Crippen LogP contribution in [0.5, 0.6) is 0 Å². The molecular formula is C13H15ClN2O3S2. The Balaban J connectivity index is 2.03. The van der Waals surface area contributed by atoms with Gasteiger partial charge in [0.2, 0.25) is 5.91 Å². The predicted molar refractivity (Wildman–Crippen MR) is 84.9 cm³/mol. The van der Waals surface area contributed by atoms with Crippen LogP contribution >= 0.6 is 34.3 Å². The van der Waals surface area contributed by atoms with Crippen molar-refractivity contribution >= 4 is 40.2 Å². The quantitative estimate of drug-likeness (QED) is 0.802. The summed E-state index contributed by atoms with van der Waals surface area (Å²) in [5, 5.41) is 20.5. The monoisotopic (exact) mass is 346 g/mol. The highest BCUT2D eigenvalue weighted by Gasteiger charge is 2.15. The van der Waals surface area contributed by atoms with Crippen LogP contribution in [0, 0.1) is 0 Å². The molecule has 0 saturated heterocycles. The molecule has 1 amide bonds. The number of carbonyl (C=O) groups excluding carboxylic acids is 1. The van der Waals surface area contributed by atoms with Crippen LogP contribution in [0.4, 0.5) is 0 Å². The van der Waals surface area contributed by atoms with Gasteiger partial charge in [0.25, 0.3) is 0 Å². The fraction of sp³-hybridized carbons (Fsp3) is 0.385. The van der Waals surface area contributed by atoms with E-state index in [0.29, 0.717) is 10.0 Å². The van der Waals surface area contributed by atoms with Crippen molar-refractivity contribution < 1.29 is 15.0 Å². The number of thiazole rings is 1. The van der Waals surface area contributed by atoms with E-state index in [4.69, 9.17) is 21.8 Å². The van der Waals surface area contributed by atoms with E-state index in [1.165, 1.54) is 27.6 Å². The van der Waals surface area contributed by atoms with Crippen molar-refractivity contribution in [2.45, 2.75) is 6.42 Å². The van der Waals surface area contributed by atoms with Crippen LogP contribution in [-0.4, -0.2) is 52.3 Å². The van der Waals surface area contributed by atoms with Gasteiger partial charge in [-0.05, 0) is 12.1 Å². The Labute approximate surface area is 135 Å². The van der Waals surface area contributed by atoms with Crippen molar-refractivity contribution in [3.8, 4) is 9.88 Å². The third kappa shape index (κ3) is 4.49. The molecule has 0 radical (unpaired) electrons. The largest absolute Gasteiger partial charge is 0.395 e. The lowest BCUT2D eigenvalue weighted by Crippen LogP contribution is -2.36. The summed E-state index contributed by atoms with van der Waals surface area (Å²) in [7, 11) is 0. The maximum Gasteiger partial charge on any atom is 0.228 e. The number of thiophene rings is 1. The van der Waals surface area contributed by atoms with Gasteiger partial charge in [0.1, 0.15) is 5.01 Å². The van der Waals surface area contributed by atoms with Gasteiger partial charge in [0.05, 0.1) is 34.5 Å². The average molecular weight is 347 g/mol. The number of rotatable bonds is 7. The number of carbonyl (C=O) groups is 1.